The zero-order chi connectivity index (χ0) is 31.3. The van der Waals surface area contributed by atoms with Gasteiger partial charge in [0.2, 0.25) is 0 Å². The second-order valence-electron chi connectivity index (χ2n) is 12.3. The van der Waals surface area contributed by atoms with Crippen molar-refractivity contribution in [1.82, 2.24) is 19.9 Å². The van der Waals surface area contributed by atoms with Gasteiger partial charge in [-0.05, 0) is 62.2 Å². The Morgan fingerprint density at radius 2 is 2.02 bits per heavy atom. The van der Waals surface area contributed by atoms with Crippen molar-refractivity contribution in [2.75, 3.05) is 44.9 Å². The molecule has 11 heteroatoms. The molecule has 45 heavy (non-hydrogen) atoms. The van der Waals surface area contributed by atoms with Gasteiger partial charge in [0.1, 0.15) is 41.4 Å². The number of pyridine rings is 1. The molecule has 0 bridgehead atoms. The number of aromatic nitrogens is 3. The number of nitrogens with zero attached hydrogens (tertiary/aromatic N) is 5. The Morgan fingerprint density at radius 3 is 2.84 bits per heavy atom. The number of hydrogen-bond donors (Lipinski definition) is 1. The third-order valence-corrected chi connectivity index (χ3v) is 9.58. The number of anilines is 1. The van der Waals surface area contributed by atoms with Gasteiger partial charge in [0.05, 0.1) is 29.1 Å². The van der Waals surface area contributed by atoms with Crippen LogP contribution in [0.2, 0.25) is 0 Å². The van der Waals surface area contributed by atoms with E-state index in [1.54, 1.807) is 7.11 Å². The summed E-state index contributed by atoms with van der Waals surface area (Å²) in [7, 11) is 1.65. The van der Waals surface area contributed by atoms with Gasteiger partial charge in [-0.15, -0.1) is 6.42 Å². The molecule has 2 aromatic carbocycles. The molecule has 7 rings (SSSR count). The molecule has 8 nitrogen and oxygen atoms in total. The lowest BCUT2D eigenvalue weighted by Crippen LogP contribution is -2.44. The van der Waals surface area contributed by atoms with Crippen LogP contribution < -0.4 is 9.64 Å². The lowest BCUT2D eigenvalue weighted by atomic mass is 9.95. The molecule has 3 aliphatic rings. The van der Waals surface area contributed by atoms with Gasteiger partial charge in [0, 0.05) is 43.8 Å². The van der Waals surface area contributed by atoms with Crippen LogP contribution >= 0.6 is 0 Å². The fraction of sp³-hybridized carbons (Fsp3) is 0.441. The number of benzene rings is 2. The van der Waals surface area contributed by atoms with E-state index >= 15 is 4.39 Å². The monoisotopic (exact) mass is 617 g/mol. The average molecular weight is 618 g/mol. The maximum Gasteiger partial charge on any atom is 0.319 e. The molecule has 5 heterocycles. The van der Waals surface area contributed by atoms with Crippen molar-refractivity contribution in [2.24, 2.45) is 0 Å². The van der Waals surface area contributed by atoms with Gasteiger partial charge in [-0.25, -0.2) is 13.2 Å². The first-order chi connectivity index (χ1) is 21.8. The maximum atomic E-state index is 16.8. The lowest BCUT2D eigenvalue weighted by Gasteiger charge is -2.37. The number of phenols is 1. The molecule has 3 aliphatic heterocycles. The quantitative estimate of drug-likeness (QED) is 0.262. The molecule has 0 amide bonds. The van der Waals surface area contributed by atoms with E-state index in [-0.39, 0.29) is 52.1 Å². The summed E-state index contributed by atoms with van der Waals surface area (Å²) in [5, 5.41) is 11.6. The van der Waals surface area contributed by atoms with Crippen LogP contribution in [0, 0.1) is 24.0 Å². The minimum absolute atomic E-state index is 0.000316. The summed E-state index contributed by atoms with van der Waals surface area (Å²) in [6, 6.07) is 5.43. The molecular formula is C34H34F3N5O3. The third-order valence-electron chi connectivity index (χ3n) is 9.58. The standard InChI is InChI=1S/C34H34F3N5O3/c1-3-24-27(36)9-8-20-13-23(43)14-25(28(20)24)30-29(37)31-26(16-38-30)32(42-12-5-4-7-22(42)18-44-2)40-33(39-31)45-19-34-10-6-11-41(34)17-21(35)15-34/h1,8-9,13-14,16,21-22,43H,4-7,10-12,15,17-19H2,2H3/t21-,22?,34+/m1/s1. The molecular weight excluding hydrogens is 583 g/mol. The Morgan fingerprint density at radius 1 is 1.16 bits per heavy atom. The molecule has 1 unspecified atom stereocenters. The molecule has 3 saturated heterocycles. The molecule has 0 spiro atoms. The van der Waals surface area contributed by atoms with Crippen LogP contribution in [0.25, 0.3) is 32.9 Å². The molecule has 1 N–H and O–H groups in total. The maximum absolute atomic E-state index is 16.8. The number of ether oxygens (including phenoxy) is 2. The first-order valence-corrected chi connectivity index (χ1v) is 15.4. The second-order valence-corrected chi connectivity index (χ2v) is 12.3. The first-order valence-electron chi connectivity index (χ1n) is 15.4. The van der Waals surface area contributed by atoms with Crippen LogP contribution in [-0.2, 0) is 4.74 Å². The van der Waals surface area contributed by atoms with Crippen LogP contribution in [0.4, 0.5) is 19.0 Å². The average Bonchev–Trinajstić information content (AvgIpc) is 3.56. The minimum Gasteiger partial charge on any atom is -0.508 e. The number of methoxy groups -OCH3 is 1. The molecule has 0 aliphatic carbocycles. The molecule has 0 saturated carbocycles. The van der Waals surface area contributed by atoms with Crippen LogP contribution in [0.15, 0.2) is 30.5 Å². The zero-order valence-electron chi connectivity index (χ0n) is 25.0. The van der Waals surface area contributed by atoms with E-state index < -0.39 is 23.3 Å². The van der Waals surface area contributed by atoms with E-state index in [0.717, 1.165) is 38.6 Å². The van der Waals surface area contributed by atoms with Crippen molar-refractivity contribution >= 4 is 27.5 Å². The first kappa shape index (κ1) is 29.6. The fourth-order valence-corrected chi connectivity index (χ4v) is 7.54. The van der Waals surface area contributed by atoms with Crippen LogP contribution in [0.1, 0.15) is 44.1 Å². The van der Waals surface area contributed by atoms with Crippen molar-refractivity contribution in [3.63, 3.8) is 0 Å². The Labute approximate surface area is 259 Å². The summed E-state index contributed by atoms with van der Waals surface area (Å²) >= 11 is 0. The number of alkyl halides is 1. The number of rotatable bonds is 7. The van der Waals surface area contributed by atoms with Crippen LogP contribution in [-0.4, -0.2) is 82.7 Å². The second kappa shape index (κ2) is 11.7. The number of phenolic OH excluding ortho intramolecular Hbond substituents is 1. The molecule has 3 atom stereocenters. The molecule has 2 aromatic heterocycles. The molecule has 4 aromatic rings. The highest BCUT2D eigenvalue weighted by molar-refractivity contribution is 6.03. The largest absolute Gasteiger partial charge is 0.508 e. The number of halogens is 3. The van der Waals surface area contributed by atoms with Crippen molar-refractivity contribution in [1.29, 1.82) is 0 Å². The van der Waals surface area contributed by atoms with Gasteiger partial charge in [0.15, 0.2) is 5.82 Å². The van der Waals surface area contributed by atoms with Crippen LogP contribution in [0.3, 0.4) is 0 Å². The van der Waals surface area contributed by atoms with E-state index in [1.165, 1.54) is 30.5 Å². The van der Waals surface area contributed by atoms with E-state index in [0.29, 0.717) is 42.7 Å². The number of hydrogen-bond acceptors (Lipinski definition) is 8. The van der Waals surface area contributed by atoms with Gasteiger partial charge in [-0.3, -0.25) is 9.88 Å². The Hall–Kier alpha value is -4.14. The summed E-state index contributed by atoms with van der Waals surface area (Å²) < 4.78 is 57.8. The van der Waals surface area contributed by atoms with Crippen LogP contribution in [0.5, 0.6) is 11.8 Å². The zero-order valence-corrected chi connectivity index (χ0v) is 25.0. The van der Waals surface area contributed by atoms with Crippen molar-refractivity contribution in [3.8, 4) is 35.4 Å². The number of aromatic hydroxyl groups is 1. The highest BCUT2D eigenvalue weighted by Crippen LogP contribution is 2.42. The summed E-state index contributed by atoms with van der Waals surface area (Å²) in [6.45, 7) is 2.50. The van der Waals surface area contributed by atoms with Crippen molar-refractivity contribution < 1.29 is 27.8 Å². The van der Waals surface area contributed by atoms with Gasteiger partial charge in [-0.2, -0.15) is 9.97 Å². The summed E-state index contributed by atoms with van der Waals surface area (Å²) in [4.78, 5) is 18.1. The van der Waals surface area contributed by atoms with E-state index in [2.05, 4.69) is 25.7 Å². The van der Waals surface area contributed by atoms with E-state index in [4.69, 9.17) is 20.9 Å². The Balaban J connectivity index is 1.39. The van der Waals surface area contributed by atoms with Crippen molar-refractivity contribution in [3.05, 3.63) is 47.7 Å². The predicted molar refractivity (Wildman–Crippen MR) is 165 cm³/mol. The predicted octanol–water partition coefficient (Wildman–Crippen LogP) is 5.77. The van der Waals surface area contributed by atoms with Gasteiger partial charge >= 0.3 is 6.01 Å². The van der Waals surface area contributed by atoms with Crippen molar-refractivity contribution in [2.45, 2.75) is 56.3 Å². The SMILES string of the molecule is C#Cc1c(F)ccc2cc(O)cc(-c3ncc4c(N5CCCCC5COC)nc(OC[C@@]56CCCN5C[C@H](F)C6)nc4c3F)c12. The summed E-state index contributed by atoms with van der Waals surface area (Å²) in [6.07, 6.45) is 11.2. The summed E-state index contributed by atoms with van der Waals surface area (Å²) in [5.41, 5.74) is -0.554. The number of piperidine rings is 1. The normalized spacial score (nSPS) is 23.5. The fourth-order valence-electron chi connectivity index (χ4n) is 7.54. The Kier molecular flexibility index (Phi) is 7.66. The van der Waals surface area contributed by atoms with E-state index in [1.807, 2.05) is 0 Å². The topological polar surface area (TPSA) is 83.8 Å². The number of fused-ring (bicyclic) bond motifs is 3. The highest BCUT2D eigenvalue weighted by Gasteiger charge is 2.49. The van der Waals surface area contributed by atoms with E-state index in [9.17, 15) is 13.9 Å². The lowest BCUT2D eigenvalue weighted by molar-refractivity contribution is 0.107. The molecule has 0 radical (unpaired) electrons. The highest BCUT2D eigenvalue weighted by atomic mass is 19.1. The number of terminal acetylenes is 1. The smallest absolute Gasteiger partial charge is 0.319 e. The Bertz CT molecular complexity index is 1830. The van der Waals surface area contributed by atoms with Gasteiger partial charge in [0.25, 0.3) is 0 Å². The van der Waals surface area contributed by atoms with Gasteiger partial charge in [-0.1, -0.05) is 12.0 Å². The minimum atomic E-state index is -0.925. The summed E-state index contributed by atoms with van der Waals surface area (Å²) in [5.74, 6) is 1.26. The van der Waals surface area contributed by atoms with Gasteiger partial charge < -0.3 is 19.5 Å². The molecule has 3 fully saturated rings. The molecule has 234 valence electrons. The third kappa shape index (κ3) is 5.10.